The summed E-state index contributed by atoms with van der Waals surface area (Å²) in [5, 5.41) is 5.19. The first-order valence-corrected chi connectivity index (χ1v) is 11.5. The largest absolute Gasteiger partial charge is 0.351 e. The average Bonchev–Trinajstić information content (AvgIpc) is 3.36. The lowest BCUT2D eigenvalue weighted by molar-refractivity contribution is -0.124. The van der Waals surface area contributed by atoms with E-state index in [-0.39, 0.29) is 5.91 Å². The maximum atomic E-state index is 12.9. The van der Waals surface area contributed by atoms with Crippen LogP contribution in [0.4, 0.5) is 0 Å². The summed E-state index contributed by atoms with van der Waals surface area (Å²) >= 11 is 1.25. The lowest BCUT2D eigenvalue weighted by Gasteiger charge is -2.22. The van der Waals surface area contributed by atoms with Crippen LogP contribution in [0.15, 0.2) is 58.8 Å². The smallest absolute Gasteiger partial charge is 0.253 e. The topological polar surface area (TPSA) is 66.5 Å². The van der Waals surface area contributed by atoms with Crippen molar-refractivity contribution in [2.75, 3.05) is 6.54 Å². The second-order valence-electron chi connectivity index (χ2n) is 7.04. The zero-order chi connectivity index (χ0) is 19.7. The summed E-state index contributed by atoms with van der Waals surface area (Å²) in [7, 11) is -3.63. The molecule has 0 bridgehead atoms. The van der Waals surface area contributed by atoms with Crippen LogP contribution in [0.25, 0.3) is 10.8 Å². The molecule has 0 aliphatic carbocycles. The van der Waals surface area contributed by atoms with Crippen molar-refractivity contribution in [3.05, 3.63) is 65.0 Å². The molecule has 1 fully saturated rings. The number of rotatable bonds is 5. The molecule has 0 radical (unpaired) electrons. The number of nitrogens with one attached hydrogen (secondary N) is 1. The van der Waals surface area contributed by atoms with Crippen molar-refractivity contribution in [1.82, 2.24) is 9.62 Å². The van der Waals surface area contributed by atoms with Gasteiger partial charge in [0.15, 0.2) is 0 Å². The second kappa shape index (κ2) is 7.66. The highest BCUT2D eigenvalue weighted by atomic mass is 32.2. The van der Waals surface area contributed by atoms with Crippen LogP contribution in [-0.4, -0.2) is 31.2 Å². The number of nitrogens with zero attached hydrogens (tertiary/aromatic N) is 1. The molecule has 1 saturated heterocycles. The van der Waals surface area contributed by atoms with Gasteiger partial charge in [-0.2, -0.15) is 4.31 Å². The van der Waals surface area contributed by atoms with Crippen molar-refractivity contribution in [2.45, 2.75) is 36.6 Å². The van der Waals surface area contributed by atoms with Crippen molar-refractivity contribution in [3.63, 3.8) is 0 Å². The Morgan fingerprint density at radius 2 is 1.93 bits per heavy atom. The molecule has 1 aromatic heterocycles. The summed E-state index contributed by atoms with van der Waals surface area (Å²) in [6.07, 6.45) is 1.24. The molecule has 0 saturated carbocycles. The molecule has 1 atom stereocenters. The minimum absolute atomic E-state index is 0.234. The molecule has 1 aliphatic rings. The highest BCUT2D eigenvalue weighted by Gasteiger charge is 2.39. The van der Waals surface area contributed by atoms with Gasteiger partial charge in [0, 0.05) is 18.0 Å². The average molecular weight is 415 g/mol. The number of benzene rings is 2. The monoisotopic (exact) mass is 414 g/mol. The summed E-state index contributed by atoms with van der Waals surface area (Å²) in [6.45, 7) is 2.64. The highest BCUT2D eigenvalue weighted by Crippen LogP contribution is 2.30. The molecule has 1 aliphatic heterocycles. The molecule has 1 amide bonds. The molecule has 7 heteroatoms. The Hall–Kier alpha value is -2.22. The molecular weight excluding hydrogens is 392 g/mol. The van der Waals surface area contributed by atoms with E-state index in [2.05, 4.69) is 5.32 Å². The summed E-state index contributed by atoms with van der Waals surface area (Å²) in [4.78, 5) is 13.7. The van der Waals surface area contributed by atoms with E-state index >= 15 is 0 Å². The van der Waals surface area contributed by atoms with Gasteiger partial charge in [-0.1, -0.05) is 36.4 Å². The van der Waals surface area contributed by atoms with Gasteiger partial charge in [-0.15, -0.1) is 11.3 Å². The van der Waals surface area contributed by atoms with Crippen LogP contribution in [0, 0.1) is 6.92 Å². The lowest BCUT2D eigenvalue weighted by atomic mass is 10.1. The molecule has 1 unspecified atom stereocenters. The second-order valence-corrected chi connectivity index (χ2v) is 10.4. The van der Waals surface area contributed by atoms with Crippen molar-refractivity contribution >= 4 is 38.0 Å². The third-order valence-electron chi connectivity index (χ3n) is 5.07. The summed E-state index contributed by atoms with van der Waals surface area (Å²) < 4.78 is 27.5. The van der Waals surface area contributed by atoms with E-state index in [1.54, 1.807) is 12.1 Å². The van der Waals surface area contributed by atoms with Crippen LogP contribution in [0.5, 0.6) is 0 Å². The number of thiophene rings is 1. The van der Waals surface area contributed by atoms with E-state index in [4.69, 9.17) is 0 Å². The fourth-order valence-corrected chi connectivity index (χ4v) is 6.68. The molecule has 5 nitrogen and oxygen atoms in total. The fraction of sp³-hybridized carbons (Fsp3) is 0.286. The predicted octanol–water partition coefficient (Wildman–Crippen LogP) is 3.68. The zero-order valence-corrected chi connectivity index (χ0v) is 17.2. The Morgan fingerprint density at radius 3 is 2.68 bits per heavy atom. The molecule has 2 aromatic carbocycles. The van der Waals surface area contributed by atoms with Crippen LogP contribution in [0.3, 0.4) is 0 Å². The third kappa shape index (κ3) is 3.70. The van der Waals surface area contributed by atoms with Crippen molar-refractivity contribution in [1.29, 1.82) is 0 Å². The number of sulfonamides is 1. The Kier molecular flexibility index (Phi) is 5.23. The quantitative estimate of drug-likeness (QED) is 0.693. The van der Waals surface area contributed by atoms with Gasteiger partial charge in [0.1, 0.15) is 10.3 Å². The highest BCUT2D eigenvalue weighted by molar-refractivity contribution is 7.91. The molecule has 146 valence electrons. The molecular formula is C21H22N2O3S2. The number of hydrogen-bond acceptors (Lipinski definition) is 4. The van der Waals surface area contributed by atoms with E-state index < -0.39 is 16.1 Å². The SMILES string of the molecule is Cc1ccc(S(=O)(=O)N2CCCC2C(=O)NCc2ccc3ccccc3c2)s1. The first-order chi connectivity index (χ1) is 13.4. The van der Waals surface area contributed by atoms with Crippen molar-refractivity contribution in [2.24, 2.45) is 0 Å². The number of fused-ring (bicyclic) bond motifs is 1. The molecule has 3 aromatic rings. The Labute approximate surface area is 169 Å². The number of carbonyl (C=O) groups is 1. The van der Waals surface area contributed by atoms with E-state index in [0.717, 1.165) is 21.2 Å². The van der Waals surface area contributed by atoms with Gasteiger partial charge in [-0.05, 0) is 54.3 Å². The van der Waals surface area contributed by atoms with Crippen LogP contribution >= 0.6 is 11.3 Å². The number of amides is 1. The molecule has 4 rings (SSSR count). The Balaban J connectivity index is 1.47. The normalized spacial score (nSPS) is 17.8. The van der Waals surface area contributed by atoms with Crippen molar-refractivity contribution in [3.8, 4) is 0 Å². The summed E-state index contributed by atoms with van der Waals surface area (Å²) in [5.74, 6) is -0.234. The van der Waals surface area contributed by atoms with Gasteiger partial charge in [0.05, 0.1) is 0 Å². The van der Waals surface area contributed by atoms with Crippen LogP contribution in [0.2, 0.25) is 0 Å². The minimum atomic E-state index is -3.63. The zero-order valence-electron chi connectivity index (χ0n) is 15.6. The summed E-state index contributed by atoms with van der Waals surface area (Å²) in [6, 6.07) is 16.9. The van der Waals surface area contributed by atoms with Crippen LogP contribution in [-0.2, 0) is 21.4 Å². The third-order valence-corrected chi connectivity index (χ3v) is 8.44. The standard InChI is InChI=1S/C21H22N2O3S2/c1-15-8-11-20(27-15)28(25,26)23-12-4-7-19(23)21(24)22-14-16-9-10-17-5-2-3-6-18(17)13-16/h2-3,5-6,8-11,13,19H,4,7,12,14H2,1H3,(H,22,24). The predicted molar refractivity (Wildman–Crippen MR) is 112 cm³/mol. The maximum Gasteiger partial charge on any atom is 0.253 e. The fourth-order valence-electron chi connectivity index (χ4n) is 3.61. The molecule has 1 N–H and O–H groups in total. The van der Waals surface area contributed by atoms with Gasteiger partial charge >= 0.3 is 0 Å². The van der Waals surface area contributed by atoms with Crippen molar-refractivity contribution < 1.29 is 13.2 Å². The maximum absolute atomic E-state index is 12.9. The van der Waals surface area contributed by atoms with Gasteiger partial charge in [0.2, 0.25) is 5.91 Å². The van der Waals surface area contributed by atoms with E-state index in [1.165, 1.54) is 15.6 Å². The summed E-state index contributed by atoms with van der Waals surface area (Å²) in [5.41, 5.74) is 0.994. The molecule has 2 heterocycles. The number of hydrogen-bond donors (Lipinski definition) is 1. The van der Waals surface area contributed by atoms with Gasteiger partial charge in [0.25, 0.3) is 10.0 Å². The molecule has 28 heavy (non-hydrogen) atoms. The number of carbonyl (C=O) groups excluding carboxylic acids is 1. The first kappa shape index (κ1) is 19.1. The van der Waals surface area contributed by atoms with Crippen LogP contribution < -0.4 is 5.32 Å². The Bertz CT molecular complexity index is 1120. The number of aryl methyl sites for hydroxylation is 1. The van der Waals surface area contributed by atoms with Gasteiger partial charge in [-0.25, -0.2) is 8.42 Å². The minimum Gasteiger partial charge on any atom is -0.351 e. The van der Waals surface area contributed by atoms with E-state index in [0.29, 0.717) is 30.1 Å². The molecule has 0 spiro atoms. The first-order valence-electron chi connectivity index (χ1n) is 9.29. The van der Waals surface area contributed by atoms with Gasteiger partial charge in [-0.3, -0.25) is 4.79 Å². The van der Waals surface area contributed by atoms with E-state index in [9.17, 15) is 13.2 Å². The lowest BCUT2D eigenvalue weighted by Crippen LogP contribution is -2.45. The van der Waals surface area contributed by atoms with Crippen LogP contribution in [0.1, 0.15) is 23.3 Å². The Morgan fingerprint density at radius 1 is 1.14 bits per heavy atom. The van der Waals surface area contributed by atoms with Gasteiger partial charge < -0.3 is 5.32 Å². The van der Waals surface area contributed by atoms with E-state index in [1.807, 2.05) is 49.4 Å².